The van der Waals surface area contributed by atoms with Crippen LogP contribution in [0.2, 0.25) is 0 Å². The lowest BCUT2D eigenvalue weighted by Crippen LogP contribution is -2.23. The third kappa shape index (κ3) is 5.54. The van der Waals surface area contributed by atoms with E-state index in [0.717, 1.165) is 39.0 Å². The Morgan fingerprint density at radius 3 is 2.29 bits per heavy atom. The third-order valence-electron chi connectivity index (χ3n) is 6.62. The Morgan fingerprint density at radius 2 is 1.66 bits per heavy atom. The van der Waals surface area contributed by atoms with Gasteiger partial charge in [-0.15, -0.1) is 0 Å². The molecule has 0 aromatic heterocycles. The average molecular weight is 516 g/mol. The molecule has 8 heteroatoms. The highest BCUT2D eigenvalue weighted by Gasteiger charge is 2.26. The van der Waals surface area contributed by atoms with Crippen molar-refractivity contribution >= 4 is 34.8 Å². The van der Waals surface area contributed by atoms with Gasteiger partial charge in [-0.2, -0.15) is 0 Å². The third-order valence-corrected chi connectivity index (χ3v) is 6.62. The number of allylic oxidation sites excluding steroid dienone is 2. The summed E-state index contributed by atoms with van der Waals surface area (Å²) in [5.41, 5.74) is 12.5. The van der Waals surface area contributed by atoms with Crippen molar-refractivity contribution in [2.24, 2.45) is 5.73 Å². The Labute approximate surface area is 221 Å². The van der Waals surface area contributed by atoms with Gasteiger partial charge >= 0.3 is 6.03 Å². The Morgan fingerprint density at radius 1 is 0.974 bits per heavy atom. The number of hydrogen-bond acceptors (Lipinski definition) is 4. The molecule has 196 valence electrons. The van der Waals surface area contributed by atoms with Crippen LogP contribution in [0.5, 0.6) is 11.5 Å². The van der Waals surface area contributed by atoms with E-state index in [9.17, 15) is 14.0 Å². The lowest BCUT2D eigenvalue weighted by atomic mass is 10.00. The molecular formula is C30H30FN3O4. The Balaban J connectivity index is 1.69. The molecule has 7 nitrogen and oxygen atoms in total. The van der Waals surface area contributed by atoms with Crippen LogP contribution in [0.4, 0.5) is 14.9 Å². The molecule has 0 heterocycles. The van der Waals surface area contributed by atoms with Crippen molar-refractivity contribution in [1.29, 1.82) is 0 Å². The number of fused-ring (bicyclic) bond motifs is 1. The van der Waals surface area contributed by atoms with Crippen LogP contribution >= 0.6 is 0 Å². The SMILES string of the molecule is COc1cc(C=C2C(C)=C(CC(=O)NCc3ccccc3C)c3cc(F)ccc32)cc(OC)c1NC(N)=O. The van der Waals surface area contributed by atoms with Crippen LogP contribution in [0.15, 0.2) is 60.2 Å². The predicted octanol–water partition coefficient (Wildman–Crippen LogP) is 5.68. The molecule has 0 atom stereocenters. The van der Waals surface area contributed by atoms with Crippen molar-refractivity contribution in [3.05, 3.63) is 93.8 Å². The molecule has 3 amide bonds. The minimum Gasteiger partial charge on any atom is -0.494 e. The zero-order valence-corrected chi connectivity index (χ0v) is 21.8. The minimum absolute atomic E-state index is 0.111. The summed E-state index contributed by atoms with van der Waals surface area (Å²) in [6, 6.07) is 15.2. The van der Waals surface area contributed by atoms with E-state index in [1.807, 2.05) is 44.2 Å². The zero-order chi connectivity index (χ0) is 27.4. The largest absolute Gasteiger partial charge is 0.494 e. The minimum atomic E-state index is -0.747. The van der Waals surface area contributed by atoms with E-state index in [-0.39, 0.29) is 18.1 Å². The number of hydrogen-bond donors (Lipinski definition) is 3. The average Bonchev–Trinajstić information content (AvgIpc) is 3.13. The summed E-state index contributed by atoms with van der Waals surface area (Å²) in [6.07, 6.45) is 2.03. The number of nitrogens with two attached hydrogens (primary N) is 1. The fraction of sp³-hybridized carbons (Fsp3) is 0.200. The first kappa shape index (κ1) is 26.5. The van der Waals surface area contributed by atoms with Crippen molar-refractivity contribution < 1.29 is 23.5 Å². The van der Waals surface area contributed by atoms with Crippen LogP contribution < -0.4 is 25.8 Å². The molecule has 0 unspecified atom stereocenters. The molecule has 0 saturated carbocycles. The normalized spacial score (nSPS) is 13.3. The maximum absolute atomic E-state index is 14.3. The molecule has 3 aromatic carbocycles. The van der Waals surface area contributed by atoms with Gasteiger partial charge < -0.3 is 25.8 Å². The number of halogens is 1. The van der Waals surface area contributed by atoms with E-state index < -0.39 is 6.03 Å². The van der Waals surface area contributed by atoms with Crippen LogP contribution in [0.25, 0.3) is 17.2 Å². The van der Waals surface area contributed by atoms with Gasteiger partial charge in [-0.1, -0.05) is 30.3 Å². The van der Waals surface area contributed by atoms with Gasteiger partial charge in [0, 0.05) is 6.54 Å². The van der Waals surface area contributed by atoms with E-state index in [1.54, 1.807) is 18.2 Å². The summed E-state index contributed by atoms with van der Waals surface area (Å²) in [5.74, 6) is 0.208. The first-order chi connectivity index (χ1) is 18.2. The quantitative estimate of drug-likeness (QED) is 0.359. The number of ether oxygens (including phenoxy) is 2. The van der Waals surface area contributed by atoms with Crippen molar-refractivity contribution in [2.45, 2.75) is 26.8 Å². The van der Waals surface area contributed by atoms with E-state index in [4.69, 9.17) is 15.2 Å². The molecule has 0 bridgehead atoms. The molecule has 0 spiro atoms. The molecule has 4 N–H and O–H groups in total. The molecule has 0 saturated heterocycles. The van der Waals surface area contributed by atoms with E-state index in [2.05, 4.69) is 10.6 Å². The summed E-state index contributed by atoms with van der Waals surface area (Å²) in [5, 5.41) is 5.51. The summed E-state index contributed by atoms with van der Waals surface area (Å²) >= 11 is 0. The Hall–Kier alpha value is -4.59. The highest BCUT2D eigenvalue weighted by molar-refractivity contribution is 6.08. The lowest BCUT2D eigenvalue weighted by molar-refractivity contribution is -0.120. The van der Waals surface area contributed by atoms with Crippen LogP contribution in [0.3, 0.4) is 0 Å². The van der Waals surface area contributed by atoms with Gasteiger partial charge in [0.25, 0.3) is 0 Å². The fourth-order valence-electron chi connectivity index (χ4n) is 4.64. The van der Waals surface area contributed by atoms with E-state index >= 15 is 0 Å². The first-order valence-corrected chi connectivity index (χ1v) is 12.1. The van der Waals surface area contributed by atoms with Crippen molar-refractivity contribution in [3.8, 4) is 11.5 Å². The topological polar surface area (TPSA) is 103 Å². The van der Waals surface area contributed by atoms with Crippen LogP contribution in [-0.2, 0) is 11.3 Å². The predicted molar refractivity (Wildman–Crippen MR) is 147 cm³/mol. The van der Waals surface area contributed by atoms with Gasteiger partial charge in [-0.25, -0.2) is 9.18 Å². The summed E-state index contributed by atoms with van der Waals surface area (Å²) in [7, 11) is 2.95. The standard InChI is InChI=1S/C30H30FN3O4/c1-17-7-5-6-8-20(17)16-33-28(35)15-24-18(2)23(22-10-9-21(31)14-25(22)24)11-19-12-26(37-3)29(34-30(32)36)27(13-19)38-4/h5-14H,15-16H2,1-4H3,(H,33,35)(H3,32,34,36). The van der Waals surface area contributed by atoms with Gasteiger partial charge in [-0.3, -0.25) is 4.79 Å². The molecule has 4 rings (SSSR count). The number of urea groups is 1. The lowest BCUT2D eigenvalue weighted by Gasteiger charge is -2.15. The number of amides is 3. The number of anilines is 1. The number of primary amides is 1. The number of methoxy groups -OCH3 is 2. The Kier molecular flexibility index (Phi) is 7.81. The maximum Gasteiger partial charge on any atom is 0.316 e. The molecule has 1 aliphatic rings. The molecule has 0 radical (unpaired) electrons. The number of carbonyl (C=O) groups excluding carboxylic acids is 2. The second-order valence-electron chi connectivity index (χ2n) is 9.02. The van der Waals surface area contributed by atoms with Crippen molar-refractivity contribution in [2.75, 3.05) is 19.5 Å². The highest BCUT2D eigenvalue weighted by atomic mass is 19.1. The Bertz CT molecular complexity index is 1450. The van der Waals surface area contributed by atoms with Gasteiger partial charge in [0.1, 0.15) is 23.0 Å². The van der Waals surface area contributed by atoms with Crippen molar-refractivity contribution in [3.63, 3.8) is 0 Å². The monoisotopic (exact) mass is 515 g/mol. The first-order valence-electron chi connectivity index (χ1n) is 12.1. The fourth-order valence-corrected chi connectivity index (χ4v) is 4.64. The molecule has 1 aliphatic carbocycles. The number of rotatable bonds is 8. The van der Waals surface area contributed by atoms with Gasteiger partial charge in [0.05, 0.1) is 20.6 Å². The van der Waals surface area contributed by atoms with Crippen LogP contribution in [0.1, 0.15) is 41.2 Å². The molecule has 0 aliphatic heterocycles. The number of nitrogens with one attached hydrogen (secondary N) is 2. The van der Waals surface area contributed by atoms with Crippen LogP contribution in [-0.4, -0.2) is 26.2 Å². The van der Waals surface area contributed by atoms with E-state index in [0.29, 0.717) is 29.3 Å². The van der Waals surface area contributed by atoms with Gasteiger partial charge in [0.15, 0.2) is 0 Å². The zero-order valence-electron chi connectivity index (χ0n) is 21.8. The van der Waals surface area contributed by atoms with Crippen LogP contribution in [0, 0.1) is 12.7 Å². The highest BCUT2D eigenvalue weighted by Crippen LogP contribution is 2.45. The van der Waals surface area contributed by atoms with Gasteiger partial charge in [0.2, 0.25) is 5.91 Å². The number of aryl methyl sites for hydroxylation is 1. The molecular weight excluding hydrogens is 485 g/mol. The smallest absolute Gasteiger partial charge is 0.316 e. The molecule has 3 aromatic rings. The number of carbonyl (C=O) groups is 2. The summed E-state index contributed by atoms with van der Waals surface area (Å²) in [6.45, 7) is 4.34. The second-order valence-corrected chi connectivity index (χ2v) is 9.02. The second kappa shape index (κ2) is 11.2. The van der Waals surface area contributed by atoms with Crippen molar-refractivity contribution in [1.82, 2.24) is 5.32 Å². The molecule has 0 fully saturated rings. The molecule has 38 heavy (non-hydrogen) atoms. The number of benzene rings is 3. The maximum atomic E-state index is 14.3. The summed E-state index contributed by atoms with van der Waals surface area (Å²) in [4.78, 5) is 24.4. The van der Waals surface area contributed by atoms with Gasteiger partial charge in [-0.05, 0) is 88.7 Å². The van der Waals surface area contributed by atoms with E-state index in [1.165, 1.54) is 26.4 Å². The summed E-state index contributed by atoms with van der Waals surface area (Å²) < 4.78 is 25.2.